The van der Waals surface area contributed by atoms with Gasteiger partial charge in [-0.3, -0.25) is 0 Å². The second-order valence-electron chi connectivity index (χ2n) is 3.49. The van der Waals surface area contributed by atoms with Crippen molar-refractivity contribution in [1.82, 2.24) is 0 Å². The van der Waals surface area contributed by atoms with Crippen LogP contribution in [0.2, 0.25) is 0 Å². The van der Waals surface area contributed by atoms with Crippen molar-refractivity contribution in [1.29, 1.82) is 0 Å². The van der Waals surface area contributed by atoms with E-state index in [1.54, 1.807) is 0 Å². The number of hydrogen-bond donors (Lipinski definition) is 0. The maximum Gasteiger partial charge on any atom is -0.0250 e. The van der Waals surface area contributed by atoms with E-state index < -0.39 is 0 Å². The Balaban J connectivity index is 2.91. The van der Waals surface area contributed by atoms with Gasteiger partial charge in [-0.2, -0.15) is 0 Å². The average Bonchev–Trinajstić information content (AvgIpc) is 2.16. The predicted octanol–water partition coefficient (Wildman–Crippen LogP) is 5.22. The summed E-state index contributed by atoms with van der Waals surface area (Å²) in [4.78, 5) is 0. The lowest BCUT2D eigenvalue weighted by Crippen LogP contribution is -1.78. The largest absolute Gasteiger partial charge is 0.0837 e. The molecule has 1 heteroatoms. The van der Waals surface area contributed by atoms with E-state index in [0.29, 0.717) is 0 Å². The molecule has 0 atom stereocenters. The predicted molar refractivity (Wildman–Crippen MR) is 64.6 cm³/mol. The maximum absolute atomic E-state index is 2.32. The van der Waals surface area contributed by atoms with Crippen molar-refractivity contribution in [2.24, 2.45) is 0 Å². The normalized spacial score (nSPS) is 12.2. The summed E-state index contributed by atoms with van der Waals surface area (Å²) in [7, 11) is 1.52. The van der Waals surface area contributed by atoms with E-state index in [1.165, 1.54) is 59.7 Å². The Labute approximate surface area is 86.0 Å². The summed E-state index contributed by atoms with van der Waals surface area (Å²) in [6, 6.07) is 0. The van der Waals surface area contributed by atoms with Gasteiger partial charge < -0.3 is 0 Å². The molecule has 0 rings (SSSR count). The molecule has 0 nitrogen and oxygen atoms in total. The SMILES string of the molecule is CCCC=C[P]CCCCCCC. The zero-order chi connectivity index (χ0) is 9.78. The molecule has 0 saturated heterocycles. The average molecular weight is 199 g/mol. The summed E-state index contributed by atoms with van der Waals surface area (Å²) >= 11 is 0. The number of rotatable bonds is 9. The van der Waals surface area contributed by atoms with E-state index in [-0.39, 0.29) is 0 Å². The van der Waals surface area contributed by atoms with Crippen LogP contribution in [0.1, 0.15) is 58.8 Å². The molecule has 0 unspecified atom stereocenters. The van der Waals surface area contributed by atoms with Crippen molar-refractivity contribution in [3.05, 3.63) is 11.9 Å². The number of unbranched alkanes of at least 4 members (excludes halogenated alkanes) is 5. The van der Waals surface area contributed by atoms with Crippen LogP contribution < -0.4 is 0 Å². The summed E-state index contributed by atoms with van der Waals surface area (Å²) in [6.45, 7) is 4.50. The first-order valence-electron chi connectivity index (χ1n) is 5.73. The van der Waals surface area contributed by atoms with Gasteiger partial charge in [-0.15, -0.1) is 0 Å². The standard InChI is InChI=1S/C12H24P/c1-3-5-7-8-10-12-13-11-9-6-4-2/h9,11H,3-8,10,12H2,1-2H3. The third-order valence-electron chi connectivity index (χ3n) is 2.06. The fourth-order valence-corrected chi connectivity index (χ4v) is 2.05. The topological polar surface area (TPSA) is 0 Å². The molecule has 0 aliphatic rings. The Morgan fingerprint density at radius 2 is 1.69 bits per heavy atom. The quantitative estimate of drug-likeness (QED) is 0.353. The first kappa shape index (κ1) is 13.2. The molecule has 0 N–H and O–H groups in total. The lowest BCUT2D eigenvalue weighted by atomic mass is 10.2. The van der Waals surface area contributed by atoms with Gasteiger partial charge in [0.25, 0.3) is 0 Å². The van der Waals surface area contributed by atoms with E-state index in [1.807, 2.05) is 0 Å². The second kappa shape index (κ2) is 12.2. The Morgan fingerprint density at radius 3 is 2.38 bits per heavy atom. The fourth-order valence-electron chi connectivity index (χ4n) is 1.20. The summed E-state index contributed by atoms with van der Waals surface area (Å²) in [5, 5.41) is 0. The smallest absolute Gasteiger partial charge is 0.0250 e. The molecule has 0 aromatic carbocycles. The molecule has 0 bridgehead atoms. The molecule has 0 aromatic heterocycles. The minimum atomic E-state index is 1.25. The van der Waals surface area contributed by atoms with E-state index in [0.717, 1.165) is 0 Å². The minimum absolute atomic E-state index is 1.25. The van der Waals surface area contributed by atoms with Crippen molar-refractivity contribution in [2.75, 3.05) is 6.16 Å². The van der Waals surface area contributed by atoms with Crippen LogP contribution in [0.5, 0.6) is 0 Å². The molecule has 0 amide bonds. The summed E-state index contributed by atoms with van der Waals surface area (Å²) < 4.78 is 0. The molecule has 77 valence electrons. The summed E-state index contributed by atoms with van der Waals surface area (Å²) in [6.07, 6.45) is 13.3. The van der Waals surface area contributed by atoms with Crippen molar-refractivity contribution >= 4 is 8.58 Å². The molecule has 0 heterocycles. The zero-order valence-corrected chi connectivity index (χ0v) is 10.2. The molecule has 0 saturated carbocycles. The Morgan fingerprint density at radius 1 is 0.923 bits per heavy atom. The van der Waals surface area contributed by atoms with Crippen molar-refractivity contribution in [3.8, 4) is 0 Å². The first-order valence-corrected chi connectivity index (χ1v) is 6.88. The highest BCUT2D eigenvalue weighted by atomic mass is 31.1. The zero-order valence-electron chi connectivity index (χ0n) is 9.26. The van der Waals surface area contributed by atoms with Crippen LogP contribution in [0, 0.1) is 0 Å². The van der Waals surface area contributed by atoms with Gasteiger partial charge in [-0.1, -0.05) is 66.4 Å². The van der Waals surface area contributed by atoms with Gasteiger partial charge in [-0.25, -0.2) is 0 Å². The Kier molecular flexibility index (Phi) is 12.3. The molecular formula is C12H24P. The van der Waals surface area contributed by atoms with Crippen LogP contribution in [0.3, 0.4) is 0 Å². The number of hydrogen-bond acceptors (Lipinski definition) is 0. The Hall–Kier alpha value is 0.170. The third kappa shape index (κ3) is 12.2. The van der Waals surface area contributed by atoms with Crippen LogP contribution in [0.25, 0.3) is 0 Å². The van der Waals surface area contributed by atoms with Gasteiger partial charge in [0.1, 0.15) is 0 Å². The monoisotopic (exact) mass is 199 g/mol. The maximum atomic E-state index is 2.32. The van der Waals surface area contributed by atoms with Gasteiger partial charge in [0.15, 0.2) is 0 Å². The third-order valence-corrected chi connectivity index (χ3v) is 3.05. The van der Waals surface area contributed by atoms with Gasteiger partial charge in [-0.05, 0) is 19.0 Å². The first-order chi connectivity index (χ1) is 6.41. The van der Waals surface area contributed by atoms with Gasteiger partial charge in [0, 0.05) is 0 Å². The van der Waals surface area contributed by atoms with Crippen molar-refractivity contribution in [2.45, 2.75) is 58.8 Å². The van der Waals surface area contributed by atoms with Crippen molar-refractivity contribution in [3.63, 3.8) is 0 Å². The van der Waals surface area contributed by atoms with Crippen LogP contribution in [-0.4, -0.2) is 6.16 Å². The van der Waals surface area contributed by atoms with Crippen LogP contribution in [-0.2, 0) is 0 Å². The lowest BCUT2D eigenvalue weighted by molar-refractivity contribution is 0.659. The molecule has 0 spiro atoms. The molecule has 0 aromatic rings. The molecule has 13 heavy (non-hydrogen) atoms. The van der Waals surface area contributed by atoms with Crippen LogP contribution >= 0.6 is 8.58 Å². The number of allylic oxidation sites excluding steroid dienone is 1. The molecule has 0 fully saturated rings. The van der Waals surface area contributed by atoms with Crippen LogP contribution in [0.4, 0.5) is 0 Å². The highest BCUT2D eigenvalue weighted by Gasteiger charge is 1.87. The fraction of sp³-hybridized carbons (Fsp3) is 0.833. The lowest BCUT2D eigenvalue weighted by Gasteiger charge is -1.96. The van der Waals surface area contributed by atoms with Gasteiger partial charge in [0.05, 0.1) is 0 Å². The molecule has 0 aliphatic heterocycles. The minimum Gasteiger partial charge on any atom is -0.0837 e. The van der Waals surface area contributed by atoms with Gasteiger partial charge >= 0.3 is 0 Å². The second-order valence-corrected chi connectivity index (χ2v) is 4.60. The van der Waals surface area contributed by atoms with Crippen molar-refractivity contribution < 1.29 is 0 Å². The molecule has 0 aliphatic carbocycles. The van der Waals surface area contributed by atoms with Crippen LogP contribution in [0.15, 0.2) is 11.9 Å². The highest BCUT2D eigenvalue weighted by Crippen LogP contribution is 2.16. The van der Waals surface area contributed by atoms with E-state index in [4.69, 9.17) is 0 Å². The molecular weight excluding hydrogens is 175 g/mol. The summed E-state index contributed by atoms with van der Waals surface area (Å²) in [5.41, 5.74) is 0. The van der Waals surface area contributed by atoms with E-state index in [2.05, 4.69) is 25.7 Å². The Bertz CT molecular complexity index is 108. The van der Waals surface area contributed by atoms with E-state index in [9.17, 15) is 0 Å². The highest BCUT2D eigenvalue weighted by molar-refractivity contribution is 7.41. The summed E-state index contributed by atoms with van der Waals surface area (Å²) in [5.74, 6) is 2.32. The van der Waals surface area contributed by atoms with Gasteiger partial charge in [0.2, 0.25) is 0 Å². The van der Waals surface area contributed by atoms with E-state index >= 15 is 0 Å². The molecule has 1 radical (unpaired) electrons.